The molecule has 1 fully saturated rings. The fraction of sp³-hybridized carbons (Fsp3) is 0.344. The molecule has 4 N–H and O–H groups in total. The minimum Gasteiger partial charge on any atom is -0.493 e. The van der Waals surface area contributed by atoms with Crippen LogP contribution in [0.3, 0.4) is 0 Å². The molecule has 1 aliphatic heterocycles. The number of carboxylic acids is 1. The number of hydrogen-bond acceptors (Lipinski definition) is 6. The smallest absolute Gasteiger partial charge is 0.335 e. The fourth-order valence-corrected chi connectivity index (χ4v) is 5.12. The van der Waals surface area contributed by atoms with E-state index in [0.29, 0.717) is 49.2 Å². The third-order valence-electron chi connectivity index (χ3n) is 7.54. The fourth-order valence-electron chi connectivity index (χ4n) is 5.12. The highest BCUT2D eigenvalue weighted by Gasteiger charge is 2.28. The van der Waals surface area contributed by atoms with Gasteiger partial charge >= 0.3 is 12.0 Å². The van der Waals surface area contributed by atoms with E-state index in [1.54, 1.807) is 11.0 Å². The van der Waals surface area contributed by atoms with Crippen LogP contribution in [0.4, 0.5) is 19.3 Å². The third kappa shape index (κ3) is 8.01. The predicted molar refractivity (Wildman–Crippen MR) is 160 cm³/mol. The maximum Gasteiger partial charge on any atom is 0.335 e. The van der Waals surface area contributed by atoms with Crippen LogP contribution in [-0.4, -0.2) is 65.6 Å². The Bertz CT molecular complexity index is 1490. The number of carboxylic acid groups (broad SMARTS) is 1. The van der Waals surface area contributed by atoms with Gasteiger partial charge in [0.1, 0.15) is 17.4 Å². The van der Waals surface area contributed by atoms with E-state index in [2.05, 4.69) is 10.2 Å². The van der Waals surface area contributed by atoms with Crippen molar-refractivity contribution in [2.45, 2.75) is 45.2 Å². The molecule has 12 heteroatoms. The number of piperidine rings is 1. The minimum absolute atomic E-state index is 0.0739. The van der Waals surface area contributed by atoms with E-state index in [1.807, 2.05) is 31.2 Å². The van der Waals surface area contributed by atoms with Gasteiger partial charge in [-0.1, -0.05) is 25.5 Å². The highest BCUT2D eigenvalue weighted by molar-refractivity contribution is 5.96. The van der Waals surface area contributed by atoms with E-state index in [1.165, 1.54) is 19.2 Å². The van der Waals surface area contributed by atoms with E-state index < -0.39 is 35.1 Å². The maximum atomic E-state index is 14.4. The number of halogens is 2. The van der Waals surface area contributed by atoms with Crippen LogP contribution in [0.1, 0.15) is 58.9 Å². The van der Waals surface area contributed by atoms with E-state index in [9.17, 15) is 28.3 Å². The minimum atomic E-state index is -1.09. The lowest BCUT2D eigenvalue weighted by atomic mass is 10.0. The summed E-state index contributed by atoms with van der Waals surface area (Å²) in [6.07, 6.45) is 3.04. The zero-order valence-corrected chi connectivity index (χ0v) is 24.6. The zero-order valence-electron chi connectivity index (χ0n) is 24.6. The summed E-state index contributed by atoms with van der Waals surface area (Å²) in [5, 5.41) is 11.7. The first kappa shape index (κ1) is 32.2. The number of carbonyl (C=O) groups is 3. The van der Waals surface area contributed by atoms with Gasteiger partial charge in [-0.25, -0.2) is 18.4 Å². The molecule has 1 heterocycles. The molecule has 0 saturated carbocycles. The number of ether oxygens (including phenoxy) is 2. The molecule has 0 unspecified atom stereocenters. The molecule has 3 aromatic rings. The van der Waals surface area contributed by atoms with Crippen molar-refractivity contribution < 1.29 is 37.7 Å². The van der Waals surface area contributed by atoms with Crippen LogP contribution in [0, 0.1) is 11.6 Å². The van der Waals surface area contributed by atoms with Gasteiger partial charge in [-0.05, 0) is 61.2 Å². The Labute approximate surface area is 254 Å². The summed E-state index contributed by atoms with van der Waals surface area (Å²) in [4.78, 5) is 39.9. The molecule has 3 amide bonds. The maximum absolute atomic E-state index is 14.4. The Morgan fingerprint density at radius 2 is 1.73 bits per heavy atom. The van der Waals surface area contributed by atoms with Crippen molar-refractivity contribution in [3.8, 4) is 17.2 Å². The molecular weight excluding hydrogens is 574 g/mol. The second kappa shape index (κ2) is 14.6. The molecule has 1 aliphatic rings. The number of nitrogens with two attached hydrogens (primary N) is 1. The van der Waals surface area contributed by atoms with Crippen LogP contribution in [0.2, 0.25) is 0 Å². The Kier molecular flexibility index (Phi) is 10.7. The van der Waals surface area contributed by atoms with Crippen LogP contribution >= 0.6 is 0 Å². The third-order valence-corrected chi connectivity index (χ3v) is 7.54. The van der Waals surface area contributed by atoms with Gasteiger partial charge in [0, 0.05) is 38.3 Å². The van der Waals surface area contributed by atoms with Crippen LogP contribution in [0.5, 0.6) is 17.2 Å². The number of benzene rings is 3. The lowest BCUT2D eigenvalue weighted by Crippen LogP contribution is -2.49. The van der Waals surface area contributed by atoms with Gasteiger partial charge in [-0.3, -0.25) is 9.69 Å². The number of likely N-dealkylation sites (tertiary alicyclic amines) is 1. The number of methoxy groups -OCH3 is 1. The number of anilines is 1. The summed E-state index contributed by atoms with van der Waals surface area (Å²) in [6.45, 7) is 4.66. The lowest BCUT2D eigenvalue weighted by molar-refractivity contribution is 0.0696. The Morgan fingerprint density at radius 3 is 2.34 bits per heavy atom. The van der Waals surface area contributed by atoms with Crippen LogP contribution in [0.25, 0.3) is 0 Å². The molecule has 0 aromatic heterocycles. The van der Waals surface area contributed by atoms with Gasteiger partial charge < -0.3 is 30.5 Å². The molecule has 0 bridgehead atoms. The monoisotopic (exact) mass is 610 g/mol. The van der Waals surface area contributed by atoms with Gasteiger partial charge in [-0.2, -0.15) is 0 Å². The molecule has 0 spiro atoms. The Balaban J connectivity index is 1.35. The first-order valence-electron chi connectivity index (χ1n) is 14.4. The second-order valence-electron chi connectivity index (χ2n) is 10.6. The summed E-state index contributed by atoms with van der Waals surface area (Å²) in [5.41, 5.74) is 5.56. The van der Waals surface area contributed by atoms with E-state index in [4.69, 9.17) is 15.2 Å². The molecule has 1 saturated heterocycles. The molecule has 0 aliphatic carbocycles. The van der Waals surface area contributed by atoms with Crippen molar-refractivity contribution in [1.29, 1.82) is 0 Å². The number of amides is 3. The van der Waals surface area contributed by atoms with Crippen molar-refractivity contribution in [1.82, 2.24) is 9.80 Å². The number of unbranched alkanes of at least 4 members (excludes halogenated alkanes) is 1. The average Bonchev–Trinajstić information content (AvgIpc) is 3.00. The van der Waals surface area contributed by atoms with Gasteiger partial charge in [0.25, 0.3) is 5.91 Å². The summed E-state index contributed by atoms with van der Waals surface area (Å²) in [6, 6.07) is 12.9. The SMILES string of the molecule is CCCCN(C(=O)Nc1cc(C(N)=O)c(F)cc1F)C1CCN(Cc2ccc(Oc3ccc(C(=O)O)cc3OC)cc2)CC1. The van der Waals surface area contributed by atoms with Crippen molar-refractivity contribution in [3.05, 3.63) is 82.9 Å². The number of urea groups is 1. The lowest BCUT2D eigenvalue weighted by Gasteiger charge is -2.38. The summed E-state index contributed by atoms with van der Waals surface area (Å²) in [7, 11) is 1.45. The van der Waals surface area contributed by atoms with E-state index >= 15 is 0 Å². The standard InChI is InChI=1S/C32H36F2N4O6/c1-3-4-13-38(32(42)36-27-17-24(30(35)39)25(33)18-26(27)34)22-11-14-37(15-12-22)19-20-5-8-23(9-6-20)44-28-10-7-21(31(40)41)16-29(28)43-2/h5-10,16-18,22H,3-4,11-15,19H2,1-2H3,(H2,35,39)(H,36,42)(H,40,41). The highest BCUT2D eigenvalue weighted by atomic mass is 19.1. The number of rotatable bonds is 12. The number of nitrogens with one attached hydrogen (secondary N) is 1. The average molecular weight is 611 g/mol. The van der Waals surface area contributed by atoms with Crippen molar-refractivity contribution in [3.63, 3.8) is 0 Å². The molecule has 0 atom stereocenters. The summed E-state index contributed by atoms with van der Waals surface area (Å²) in [5.74, 6) is -2.89. The highest BCUT2D eigenvalue weighted by Crippen LogP contribution is 2.33. The van der Waals surface area contributed by atoms with Crippen LogP contribution in [0.15, 0.2) is 54.6 Å². The zero-order chi connectivity index (χ0) is 31.8. The number of primary amides is 1. The number of nitrogens with zero attached hydrogens (tertiary/aromatic N) is 2. The second-order valence-corrected chi connectivity index (χ2v) is 10.6. The summed E-state index contributed by atoms with van der Waals surface area (Å²) >= 11 is 0. The van der Waals surface area contributed by atoms with Crippen molar-refractivity contribution in [2.24, 2.45) is 5.73 Å². The van der Waals surface area contributed by atoms with E-state index in [0.717, 1.165) is 37.6 Å². The predicted octanol–water partition coefficient (Wildman–Crippen LogP) is 5.86. The Hall–Kier alpha value is -4.71. The molecule has 0 radical (unpaired) electrons. The summed E-state index contributed by atoms with van der Waals surface area (Å²) < 4.78 is 39.5. The molecule has 3 aromatic carbocycles. The van der Waals surface area contributed by atoms with Gasteiger partial charge in [0.05, 0.1) is 23.9 Å². The number of hydrogen-bond donors (Lipinski definition) is 3. The first-order chi connectivity index (χ1) is 21.1. The van der Waals surface area contributed by atoms with Crippen LogP contribution in [-0.2, 0) is 6.54 Å². The van der Waals surface area contributed by atoms with Crippen molar-refractivity contribution in [2.75, 3.05) is 32.1 Å². The van der Waals surface area contributed by atoms with Crippen LogP contribution < -0.4 is 20.5 Å². The molecule has 10 nitrogen and oxygen atoms in total. The normalized spacial score (nSPS) is 13.7. The largest absolute Gasteiger partial charge is 0.493 e. The first-order valence-corrected chi connectivity index (χ1v) is 14.4. The molecule has 44 heavy (non-hydrogen) atoms. The molecule has 4 rings (SSSR count). The van der Waals surface area contributed by atoms with E-state index in [-0.39, 0.29) is 17.3 Å². The topological polar surface area (TPSA) is 134 Å². The quantitative estimate of drug-likeness (QED) is 0.234. The van der Waals surface area contributed by atoms with Gasteiger partial charge in [-0.15, -0.1) is 0 Å². The van der Waals surface area contributed by atoms with Crippen molar-refractivity contribution >= 4 is 23.6 Å². The molecule has 234 valence electrons. The number of aromatic carboxylic acids is 1. The number of carbonyl (C=O) groups excluding carboxylic acids is 2. The Morgan fingerprint density at radius 1 is 1.02 bits per heavy atom. The van der Waals surface area contributed by atoms with Gasteiger partial charge in [0.15, 0.2) is 11.5 Å². The van der Waals surface area contributed by atoms with Gasteiger partial charge in [0.2, 0.25) is 0 Å². The molecular formula is C32H36F2N4O6.